The molecule has 2 aromatic rings. The topological polar surface area (TPSA) is 12.4 Å². The predicted octanol–water partition coefficient (Wildman–Crippen LogP) is 3.69. The van der Waals surface area contributed by atoms with Crippen molar-refractivity contribution in [1.82, 2.24) is 0 Å². The van der Waals surface area contributed by atoms with E-state index in [1.807, 2.05) is 6.07 Å². The molecule has 1 nitrogen and oxygen atoms in total. The molecule has 0 atom stereocenters. The number of fused-ring (bicyclic) bond motifs is 5. The molecule has 0 radical (unpaired) electrons. The molecular formula is C15H10Cl2NZr. The third-order valence-corrected chi connectivity index (χ3v) is 4.40. The molecular weight excluding hydrogens is 356 g/mol. The summed E-state index contributed by atoms with van der Waals surface area (Å²) in [6, 6.07) is 14.9. The molecule has 0 aromatic heterocycles. The molecule has 1 heterocycles. The van der Waals surface area contributed by atoms with Gasteiger partial charge in [-0.25, -0.2) is 0 Å². The molecule has 0 amide bonds. The van der Waals surface area contributed by atoms with Crippen LogP contribution in [0.3, 0.4) is 0 Å². The van der Waals surface area contributed by atoms with Gasteiger partial charge in [-0.3, -0.25) is 0 Å². The molecule has 2 aliphatic rings. The van der Waals surface area contributed by atoms with Crippen molar-refractivity contribution in [1.29, 1.82) is 0 Å². The zero-order valence-electron chi connectivity index (χ0n) is 9.88. The third kappa shape index (κ3) is 2.07. The summed E-state index contributed by atoms with van der Waals surface area (Å²) in [7, 11) is 0. The van der Waals surface area contributed by atoms with E-state index in [2.05, 4.69) is 42.5 Å². The first-order valence-electron chi connectivity index (χ1n) is 5.60. The summed E-state index contributed by atoms with van der Waals surface area (Å²) in [5, 5.41) is 0. The van der Waals surface area contributed by atoms with Crippen LogP contribution in [0.25, 0.3) is 11.6 Å². The summed E-state index contributed by atoms with van der Waals surface area (Å²) in [6.45, 7) is 0. The Hall–Kier alpha value is -0.687. The van der Waals surface area contributed by atoms with E-state index in [9.17, 15) is 0 Å². The Labute approximate surface area is 139 Å². The van der Waals surface area contributed by atoms with Crippen molar-refractivity contribution in [3.8, 4) is 0 Å². The van der Waals surface area contributed by atoms with Crippen molar-refractivity contribution < 1.29 is 24.7 Å². The monoisotopic (exact) mass is 364 g/mol. The zero-order chi connectivity index (χ0) is 11.4. The predicted molar refractivity (Wildman–Crippen MR) is 81.1 cm³/mol. The molecule has 1 aliphatic carbocycles. The second-order valence-corrected chi connectivity index (χ2v) is 5.63. The van der Waals surface area contributed by atoms with Gasteiger partial charge >= 0.3 is 115 Å². The summed E-state index contributed by atoms with van der Waals surface area (Å²) in [6.07, 6.45) is 2.30. The summed E-state index contributed by atoms with van der Waals surface area (Å²) >= 11 is 1.47. The van der Waals surface area contributed by atoms with E-state index in [0.717, 1.165) is 11.4 Å². The second kappa shape index (κ2) is 5.36. The van der Waals surface area contributed by atoms with Gasteiger partial charge in [-0.2, -0.15) is 0 Å². The molecule has 0 bridgehead atoms. The van der Waals surface area contributed by atoms with Crippen LogP contribution in [0.1, 0.15) is 16.7 Å². The Balaban J connectivity index is 0.000000667. The van der Waals surface area contributed by atoms with Gasteiger partial charge in [0.2, 0.25) is 0 Å². The van der Waals surface area contributed by atoms with Gasteiger partial charge in [-0.05, 0) is 0 Å². The minimum atomic E-state index is 0. The van der Waals surface area contributed by atoms with E-state index < -0.39 is 0 Å². The Bertz CT molecular complexity index is 720. The summed E-state index contributed by atoms with van der Waals surface area (Å²) in [5.74, 6) is 0. The van der Waals surface area contributed by atoms with Crippen LogP contribution in [0.5, 0.6) is 0 Å². The number of benzene rings is 2. The minimum absolute atomic E-state index is 0. The van der Waals surface area contributed by atoms with Crippen molar-refractivity contribution >= 4 is 51.1 Å². The van der Waals surface area contributed by atoms with Crippen LogP contribution in [0.2, 0.25) is 0 Å². The molecule has 4 rings (SSSR count). The molecule has 0 saturated heterocycles. The summed E-state index contributed by atoms with van der Waals surface area (Å²) in [5.41, 5.74) is 7.50. The molecule has 0 unspecified atom stereocenters. The molecule has 0 fully saturated rings. The van der Waals surface area contributed by atoms with Crippen molar-refractivity contribution in [2.75, 3.05) is 0 Å². The van der Waals surface area contributed by atoms with Crippen molar-refractivity contribution in [2.45, 2.75) is 0 Å². The molecule has 0 spiro atoms. The number of rotatable bonds is 0. The van der Waals surface area contributed by atoms with Crippen LogP contribution >= 0.6 is 24.8 Å². The number of para-hydroxylation sites is 1. The van der Waals surface area contributed by atoms with Crippen molar-refractivity contribution in [3.05, 3.63) is 59.2 Å². The zero-order valence-corrected chi connectivity index (χ0v) is 14.0. The maximum atomic E-state index is 4.75. The van der Waals surface area contributed by atoms with E-state index in [1.54, 1.807) is 0 Å². The average molecular weight is 366 g/mol. The van der Waals surface area contributed by atoms with E-state index in [0.29, 0.717) is 0 Å². The van der Waals surface area contributed by atoms with Crippen LogP contribution in [0.4, 0.5) is 5.69 Å². The van der Waals surface area contributed by atoms with Gasteiger partial charge in [0.25, 0.3) is 0 Å². The second-order valence-electron chi connectivity index (χ2n) is 4.30. The Morgan fingerprint density at radius 2 is 1.58 bits per heavy atom. The number of allylic oxidation sites excluding steroid dienone is 1. The van der Waals surface area contributed by atoms with Crippen molar-refractivity contribution in [2.24, 2.45) is 4.99 Å². The standard InChI is InChI=1S/C15H8N.2ClH.Zr/c1-2-6-11-10(5-1)9-13-12-7-3-4-8-14(12)16-15(11)13;;;/h1-4,6-9H;2*1H;. The van der Waals surface area contributed by atoms with Crippen molar-refractivity contribution in [3.63, 3.8) is 0 Å². The SMILES string of the molecule is Cl.Cl.[Zr][c]1cccc2c1C=C1C2=Nc2ccccc21. The van der Waals surface area contributed by atoms with Gasteiger partial charge < -0.3 is 0 Å². The molecule has 19 heavy (non-hydrogen) atoms. The molecule has 0 N–H and O–H groups in total. The van der Waals surface area contributed by atoms with E-state index >= 15 is 0 Å². The fourth-order valence-corrected chi connectivity index (χ4v) is 3.28. The molecule has 0 saturated carbocycles. The quantitative estimate of drug-likeness (QED) is 0.674. The summed E-state index contributed by atoms with van der Waals surface area (Å²) < 4.78 is 1.41. The fourth-order valence-electron chi connectivity index (χ4n) is 2.53. The first-order valence-corrected chi connectivity index (χ1v) is 6.82. The molecule has 93 valence electrons. The number of aliphatic imine (C=N–C) groups is 1. The van der Waals surface area contributed by atoms with Gasteiger partial charge in [-0.1, -0.05) is 0 Å². The first kappa shape index (κ1) is 14.7. The first-order chi connectivity index (χ1) is 8.34. The number of hydrogen-bond donors (Lipinski definition) is 0. The number of halogens is 2. The van der Waals surface area contributed by atoms with Crippen LogP contribution in [-0.4, -0.2) is 5.71 Å². The van der Waals surface area contributed by atoms with Crippen LogP contribution in [0, 0.1) is 0 Å². The van der Waals surface area contributed by atoms with Crippen LogP contribution in [-0.2, 0) is 24.7 Å². The van der Waals surface area contributed by atoms with E-state index in [1.165, 1.54) is 50.3 Å². The molecule has 4 heteroatoms. The van der Waals surface area contributed by atoms with E-state index in [4.69, 9.17) is 4.99 Å². The Morgan fingerprint density at radius 1 is 0.842 bits per heavy atom. The van der Waals surface area contributed by atoms with Crippen LogP contribution in [0.15, 0.2) is 47.5 Å². The Morgan fingerprint density at radius 3 is 2.42 bits per heavy atom. The normalized spacial score (nSPS) is 13.2. The third-order valence-electron chi connectivity index (χ3n) is 3.33. The van der Waals surface area contributed by atoms with Gasteiger partial charge in [0.1, 0.15) is 0 Å². The van der Waals surface area contributed by atoms with E-state index in [-0.39, 0.29) is 24.8 Å². The fraction of sp³-hybridized carbons (Fsp3) is 0. The number of nitrogens with zero attached hydrogens (tertiary/aromatic N) is 1. The Kier molecular flexibility index (Phi) is 4.15. The molecule has 2 aromatic carbocycles. The summed E-state index contributed by atoms with van der Waals surface area (Å²) in [4.78, 5) is 4.75. The van der Waals surface area contributed by atoms with Gasteiger partial charge in [0.15, 0.2) is 0 Å². The maximum absolute atomic E-state index is 4.75. The average Bonchev–Trinajstić information content (AvgIpc) is 2.87. The van der Waals surface area contributed by atoms with Gasteiger partial charge in [0, 0.05) is 0 Å². The van der Waals surface area contributed by atoms with Gasteiger partial charge in [-0.15, -0.1) is 24.8 Å². The van der Waals surface area contributed by atoms with Gasteiger partial charge in [0.05, 0.1) is 0 Å². The number of hydrogen-bond acceptors (Lipinski definition) is 1. The van der Waals surface area contributed by atoms with Crippen LogP contribution < -0.4 is 3.27 Å². The molecule has 1 aliphatic heterocycles.